The van der Waals surface area contributed by atoms with E-state index < -0.39 is 0 Å². The number of hydrogen-bond acceptors (Lipinski definition) is 1. The smallest absolute Gasteiger partial charge is 0.165 e. The summed E-state index contributed by atoms with van der Waals surface area (Å²) in [5, 5.41) is 0.648. The first-order chi connectivity index (χ1) is 7.66. The Balaban J connectivity index is 2.08. The number of halogens is 1. The van der Waals surface area contributed by atoms with E-state index in [9.17, 15) is 4.79 Å². The lowest BCUT2D eigenvalue weighted by Crippen LogP contribution is -2.20. The molecule has 0 bridgehead atoms. The van der Waals surface area contributed by atoms with Crippen molar-refractivity contribution in [1.82, 2.24) is 0 Å². The fourth-order valence-corrected chi connectivity index (χ4v) is 2.59. The van der Waals surface area contributed by atoms with Gasteiger partial charge in [0.2, 0.25) is 0 Å². The summed E-state index contributed by atoms with van der Waals surface area (Å²) < 4.78 is 0. The molecule has 86 valence electrons. The molecule has 0 radical (unpaired) electrons. The van der Waals surface area contributed by atoms with Gasteiger partial charge in [0.25, 0.3) is 0 Å². The van der Waals surface area contributed by atoms with Gasteiger partial charge >= 0.3 is 0 Å². The van der Waals surface area contributed by atoms with Crippen LogP contribution in [0.5, 0.6) is 0 Å². The topological polar surface area (TPSA) is 17.1 Å². The van der Waals surface area contributed by atoms with Gasteiger partial charge in [-0.3, -0.25) is 4.79 Å². The summed E-state index contributed by atoms with van der Waals surface area (Å²) >= 11 is 5.90. The highest BCUT2D eigenvalue weighted by molar-refractivity contribution is 6.31. The van der Waals surface area contributed by atoms with Gasteiger partial charge in [0.15, 0.2) is 5.78 Å². The molecule has 1 aliphatic carbocycles. The number of carbonyl (C=O) groups excluding carboxylic acids is 1. The van der Waals surface area contributed by atoms with E-state index in [0.29, 0.717) is 5.02 Å². The van der Waals surface area contributed by atoms with Crippen LogP contribution in [0.3, 0.4) is 0 Å². The molecular weight excluding hydrogens is 220 g/mol. The van der Waals surface area contributed by atoms with Crippen molar-refractivity contribution in [2.45, 2.75) is 32.6 Å². The molecule has 1 fully saturated rings. The van der Waals surface area contributed by atoms with Crippen molar-refractivity contribution < 1.29 is 4.79 Å². The predicted octanol–water partition coefficient (Wildman–Crippen LogP) is 4.35. The molecule has 1 nitrogen and oxygen atoms in total. The minimum Gasteiger partial charge on any atom is -0.294 e. The molecule has 0 aromatic heterocycles. The van der Waals surface area contributed by atoms with Crippen LogP contribution >= 0.6 is 11.6 Å². The number of rotatable bonds is 2. The number of hydrogen-bond donors (Lipinski definition) is 0. The summed E-state index contributed by atoms with van der Waals surface area (Å²) in [7, 11) is 0. The van der Waals surface area contributed by atoms with E-state index in [1.54, 1.807) is 12.1 Å². The van der Waals surface area contributed by atoms with Gasteiger partial charge in [0, 0.05) is 16.5 Å². The van der Waals surface area contributed by atoms with Crippen molar-refractivity contribution >= 4 is 17.4 Å². The molecule has 1 aromatic carbocycles. The fraction of sp³-hybridized carbons (Fsp3) is 0.500. The molecule has 0 aliphatic heterocycles. The Morgan fingerprint density at radius 1 is 1.25 bits per heavy atom. The number of ketones is 1. The third-order valence-corrected chi connectivity index (χ3v) is 3.73. The summed E-state index contributed by atoms with van der Waals surface area (Å²) in [5.41, 5.74) is 0.770. The summed E-state index contributed by atoms with van der Waals surface area (Å²) in [4.78, 5) is 12.2. The second-order valence-electron chi connectivity index (χ2n) is 4.83. The number of carbonyl (C=O) groups is 1. The van der Waals surface area contributed by atoms with Crippen LogP contribution in [0.1, 0.15) is 43.0 Å². The average molecular weight is 237 g/mol. The van der Waals surface area contributed by atoms with Crippen LogP contribution in [0.4, 0.5) is 0 Å². The number of benzene rings is 1. The van der Waals surface area contributed by atoms with E-state index in [2.05, 4.69) is 6.92 Å². The van der Waals surface area contributed by atoms with Crippen LogP contribution in [0.25, 0.3) is 0 Å². The Labute approximate surface area is 102 Å². The fourth-order valence-electron chi connectivity index (χ4n) is 2.40. The van der Waals surface area contributed by atoms with Crippen LogP contribution in [0.2, 0.25) is 5.02 Å². The highest BCUT2D eigenvalue weighted by Gasteiger charge is 2.25. The minimum absolute atomic E-state index is 0.217. The first-order valence-corrected chi connectivity index (χ1v) is 6.34. The zero-order valence-electron chi connectivity index (χ0n) is 9.58. The lowest BCUT2D eigenvalue weighted by Gasteiger charge is -2.25. The molecule has 2 heteroatoms. The molecule has 1 aromatic rings. The van der Waals surface area contributed by atoms with E-state index >= 15 is 0 Å². The zero-order chi connectivity index (χ0) is 11.5. The first-order valence-electron chi connectivity index (χ1n) is 5.96. The van der Waals surface area contributed by atoms with Crippen molar-refractivity contribution in [3.8, 4) is 0 Å². The monoisotopic (exact) mass is 236 g/mol. The summed E-state index contributed by atoms with van der Waals surface area (Å²) in [6.45, 7) is 2.26. The molecule has 2 rings (SSSR count). The van der Waals surface area contributed by atoms with E-state index in [-0.39, 0.29) is 11.7 Å². The van der Waals surface area contributed by atoms with Gasteiger partial charge in [-0.05, 0) is 30.9 Å². The Bertz CT molecular complexity index is 378. The Kier molecular flexibility index (Phi) is 3.65. The van der Waals surface area contributed by atoms with Gasteiger partial charge < -0.3 is 0 Å². The van der Waals surface area contributed by atoms with Crippen molar-refractivity contribution in [3.05, 3.63) is 34.9 Å². The normalized spacial score (nSPS) is 25.4. The lowest BCUT2D eigenvalue weighted by atomic mass is 9.79. The van der Waals surface area contributed by atoms with Crippen molar-refractivity contribution in [2.24, 2.45) is 11.8 Å². The molecule has 0 N–H and O–H groups in total. The van der Waals surface area contributed by atoms with Gasteiger partial charge in [0.05, 0.1) is 0 Å². The van der Waals surface area contributed by atoms with Gasteiger partial charge in [-0.25, -0.2) is 0 Å². The standard InChI is InChI=1S/C14H17ClO/c1-10-5-7-11(8-6-10)14(16)12-3-2-4-13(15)9-12/h2-4,9-11H,5-8H2,1H3. The molecule has 0 unspecified atom stereocenters. The lowest BCUT2D eigenvalue weighted by molar-refractivity contribution is 0.0875. The second kappa shape index (κ2) is 5.01. The van der Waals surface area contributed by atoms with Crippen molar-refractivity contribution in [1.29, 1.82) is 0 Å². The second-order valence-corrected chi connectivity index (χ2v) is 5.27. The van der Waals surface area contributed by atoms with Gasteiger partial charge in [0.1, 0.15) is 0 Å². The van der Waals surface area contributed by atoms with E-state index in [0.717, 1.165) is 24.3 Å². The van der Waals surface area contributed by atoms with E-state index in [1.165, 1.54) is 12.8 Å². The molecule has 0 heterocycles. The maximum atomic E-state index is 12.2. The largest absolute Gasteiger partial charge is 0.294 e. The highest BCUT2D eigenvalue weighted by Crippen LogP contribution is 2.30. The summed E-state index contributed by atoms with van der Waals surface area (Å²) in [6.07, 6.45) is 4.42. The maximum absolute atomic E-state index is 12.2. The molecule has 1 saturated carbocycles. The van der Waals surface area contributed by atoms with Crippen LogP contribution in [0, 0.1) is 11.8 Å². The van der Waals surface area contributed by atoms with Crippen LogP contribution < -0.4 is 0 Å². The van der Waals surface area contributed by atoms with Gasteiger partial charge in [-0.1, -0.05) is 43.5 Å². The Morgan fingerprint density at radius 3 is 2.56 bits per heavy atom. The third kappa shape index (κ3) is 2.65. The molecule has 0 atom stereocenters. The molecule has 0 saturated heterocycles. The molecule has 16 heavy (non-hydrogen) atoms. The van der Waals surface area contributed by atoms with Crippen LogP contribution in [-0.2, 0) is 0 Å². The minimum atomic E-state index is 0.217. The average Bonchev–Trinajstić information content (AvgIpc) is 2.29. The maximum Gasteiger partial charge on any atom is 0.165 e. The molecule has 1 aliphatic rings. The van der Waals surface area contributed by atoms with Gasteiger partial charge in [-0.2, -0.15) is 0 Å². The van der Waals surface area contributed by atoms with Crippen molar-refractivity contribution in [3.63, 3.8) is 0 Å². The van der Waals surface area contributed by atoms with Gasteiger partial charge in [-0.15, -0.1) is 0 Å². The summed E-state index contributed by atoms with van der Waals surface area (Å²) in [5.74, 6) is 1.27. The third-order valence-electron chi connectivity index (χ3n) is 3.50. The zero-order valence-corrected chi connectivity index (χ0v) is 10.3. The SMILES string of the molecule is CC1CCC(C(=O)c2cccc(Cl)c2)CC1. The highest BCUT2D eigenvalue weighted by atomic mass is 35.5. The number of Topliss-reactive ketones (excluding diaryl/α,β-unsaturated/α-hetero) is 1. The molecule has 0 amide bonds. The molecular formula is C14H17ClO. The Hall–Kier alpha value is -0.820. The van der Waals surface area contributed by atoms with Crippen LogP contribution in [-0.4, -0.2) is 5.78 Å². The summed E-state index contributed by atoms with van der Waals surface area (Å²) in [6, 6.07) is 7.30. The first kappa shape index (κ1) is 11.7. The quantitative estimate of drug-likeness (QED) is 0.698. The van der Waals surface area contributed by atoms with Crippen molar-refractivity contribution in [2.75, 3.05) is 0 Å². The van der Waals surface area contributed by atoms with E-state index in [4.69, 9.17) is 11.6 Å². The Morgan fingerprint density at radius 2 is 1.94 bits per heavy atom. The predicted molar refractivity (Wildman–Crippen MR) is 66.9 cm³/mol. The van der Waals surface area contributed by atoms with E-state index in [1.807, 2.05) is 12.1 Å². The van der Waals surface area contributed by atoms with Crippen LogP contribution in [0.15, 0.2) is 24.3 Å². The molecule has 0 spiro atoms.